The van der Waals surface area contributed by atoms with E-state index in [1.165, 1.54) is 12.1 Å². The van der Waals surface area contributed by atoms with Gasteiger partial charge in [-0.3, -0.25) is 0 Å². The molecular formula is C13H18BrFO. The average molecular weight is 289 g/mol. The summed E-state index contributed by atoms with van der Waals surface area (Å²) in [6, 6.07) is 4.67. The molecule has 90 valence electrons. The van der Waals surface area contributed by atoms with E-state index >= 15 is 0 Å². The average Bonchev–Trinajstić information content (AvgIpc) is 2.28. The van der Waals surface area contributed by atoms with Gasteiger partial charge in [0.2, 0.25) is 0 Å². The smallest absolute Gasteiger partial charge is 0.123 e. The van der Waals surface area contributed by atoms with Crippen molar-refractivity contribution >= 4 is 15.9 Å². The van der Waals surface area contributed by atoms with Gasteiger partial charge in [-0.05, 0) is 36.6 Å². The monoisotopic (exact) mass is 288 g/mol. The molecule has 1 aromatic rings. The molecule has 0 unspecified atom stereocenters. The molecular weight excluding hydrogens is 271 g/mol. The van der Waals surface area contributed by atoms with Crippen LogP contribution in [0.2, 0.25) is 0 Å². The van der Waals surface area contributed by atoms with Gasteiger partial charge in [-0.1, -0.05) is 36.2 Å². The fourth-order valence-corrected chi connectivity index (χ4v) is 1.91. The molecule has 0 aliphatic carbocycles. The van der Waals surface area contributed by atoms with E-state index in [-0.39, 0.29) is 11.9 Å². The van der Waals surface area contributed by atoms with Gasteiger partial charge >= 0.3 is 0 Å². The number of hydrogen-bond donors (Lipinski definition) is 0. The minimum atomic E-state index is -0.225. The van der Waals surface area contributed by atoms with Crippen LogP contribution in [0.5, 0.6) is 0 Å². The van der Waals surface area contributed by atoms with Gasteiger partial charge in [0, 0.05) is 11.1 Å². The molecule has 0 N–H and O–H groups in total. The maximum Gasteiger partial charge on any atom is 0.123 e. The van der Waals surface area contributed by atoms with Crippen LogP contribution in [0, 0.1) is 11.7 Å². The minimum absolute atomic E-state index is 0.0842. The van der Waals surface area contributed by atoms with Crippen LogP contribution in [0.25, 0.3) is 0 Å². The fraction of sp³-hybridized carbons (Fsp3) is 0.538. The van der Waals surface area contributed by atoms with Gasteiger partial charge in [-0.25, -0.2) is 4.39 Å². The number of halogens is 2. The van der Waals surface area contributed by atoms with Gasteiger partial charge in [-0.2, -0.15) is 0 Å². The third-order valence-corrected chi connectivity index (χ3v) is 3.45. The van der Waals surface area contributed by atoms with E-state index in [0.717, 1.165) is 16.5 Å². The molecule has 1 nitrogen and oxygen atoms in total. The fourth-order valence-electron chi connectivity index (χ4n) is 1.34. The first kappa shape index (κ1) is 13.7. The lowest BCUT2D eigenvalue weighted by Gasteiger charge is -2.17. The van der Waals surface area contributed by atoms with Crippen LogP contribution in [0.15, 0.2) is 22.7 Å². The molecule has 0 spiro atoms. The summed E-state index contributed by atoms with van der Waals surface area (Å²) in [5.41, 5.74) is 0.864. The first-order chi connectivity index (χ1) is 7.54. The highest BCUT2D eigenvalue weighted by Crippen LogP contribution is 2.27. The summed E-state index contributed by atoms with van der Waals surface area (Å²) < 4.78 is 19.7. The van der Waals surface area contributed by atoms with Crippen molar-refractivity contribution in [1.29, 1.82) is 0 Å². The molecule has 0 aromatic heterocycles. The molecule has 2 atom stereocenters. The van der Waals surface area contributed by atoms with E-state index in [2.05, 4.69) is 29.8 Å². The molecule has 0 saturated heterocycles. The normalized spacial score (nSPS) is 14.8. The molecule has 1 rings (SSSR count). The van der Waals surface area contributed by atoms with Gasteiger partial charge in [0.25, 0.3) is 0 Å². The molecule has 0 amide bonds. The van der Waals surface area contributed by atoms with Crippen LogP contribution >= 0.6 is 15.9 Å². The minimum Gasteiger partial charge on any atom is -0.374 e. The summed E-state index contributed by atoms with van der Waals surface area (Å²) in [6.45, 7) is 6.94. The lowest BCUT2D eigenvalue weighted by molar-refractivity contribution is 0.0419. The van der Waals surface area contributed by atoms with Crippen molar-refractivity contribution < 1.29 is 9.13 Å². The molecule has 0 aliphatic rings. The van der Waals surface area contributed by atoms with Gasteiger partial charge < -0.3 is 4.74 Å². The van der Waals surface area contributed by atoms with E-state index in [1.807, 2.05) is 6.92 Å². The molecule has 0 fully saturated rings. The van der Waals surface area contributed by atoms with Crippen LogP contribution in [0.1, 0.15) is 38.9 Å². The Kier molecular flexibility index (Phi) is 5.42. The van der Waals surface area contributed by atoms with Crippen LogP contribution in [0.3, 0.4) is 0 Å². The zero-order valence-corrected chi connectivity index (χ0v) is 11.6. The number of rotatable bonds is 5. The van der Waals surface area contributed by atoms with Crippen molar-refractivity contribution in [3.8, 4) is 0 Å². The summed E-state index contributed by atoms with van der Waals surface area (Å²) in [6.07, 6.45) is 1.01. The summed E-state index contributed by atoms with van der Waals surface area (Å²) in [4.78, 5) is 0. The largest absolute Gasteiger partial charge is 0.374 e. The first-order valence-corrected chi connectivity index (χ1v) is 6.40. The van der Waals surface area contributed by atoms with Crippen molar-refractivity contribution in [1.82, 2.24) is 0 Å². The van der Waals surface area contributed by atoms with Gasteiger partial charge in [0.1, 0.15) is 5.82 Å². The first-order valence-electron chi connectivity index (χ1n) is 5.61. The molecule has 16 heavy (non-hydrogen) atoms. The van der Waals surface area contributed by atoms with Crippen molar-refractivity contribution in [3.63, 3.8) is 0 Å². The molecule has 1 aromatic carbocycles. The number of ether oxygens (including phenoxy) is 1. The van der Waals surface area contributed by atoms with E-state index in [9.17, 15) is 4.39 Å². The number of benzene rings is 1. The second-order valence-corrected chi connectivity index (χ2v) is 5.01. The Bertz CT molecular complexity index is 341. The maximum absolute atomic E-state index is 13.1. The Balaban J connectivity index is 2.65. The van der Waals surface area contributed by atoms with Crippen molar-refractivity contribution in [3.05, 3.63) is 34.1 Å². The van der Waals surface area contributed by atoms with E-state index < -0.39 is 0 Å². The lowest BCUT2D eigenvalue weighted by Crippen LogP contribution is -2.08. The third kappa shape index (κ3) is 3.87. The highest BCUT2D eigenvalue weighted by Gasteiger charge is 2.12. The highest BCUT2D eigenvalue weighted by atomic mass is 79.9. The second kappa shape index (κ2) is 6.36. The standard InChI is InChI=1S/C13H18BrFO/c1-4-9(2)8-16-10(3)12-7-11(15)5-6-13(12)14/h5-7,9-10H,4,8H2,1-3H3/t9-,10-/m1/s1. The topological polar surface area (TPSA) is 9.23 Å². The summed E-state index contributed by atoms with van der Waals surface area (Å²) in [5.74, 6) is 0.312. The van der Waals surface area contributed by atoms with Crippen molar-refractivity contribution in [2.24, 2.45) is 5.92 Å². The highest BCUT2D eigenvalue weighted by molar-refractivity contribution is 9.10. The quantitative estimate of drug-likeness (QED) is 0.762. The summed E-state index contributed by atoms with van der Waals surface area (Å²) in [5, 5.41) is 0. The second-order valence-electron chi connectivity index (χ2n) is 4.15. The predicted octanol–water partition coefficient (Wildman–Crippen LogP) is 4.71. The van der Waals surface area contributed by atoms with Crippen molar-refractivity contribution in [2.75, 3.05) is 6.61 Å². The molecule has 0 bridgehead atoms. The summed E-state index contributed by atoms with van der Waals surface area (Å²) in [7, 11) is 0. The zero-order valence-electron chi connectivity index (χ0n) is 9.97. The lowest BCUT2D eigenvalue weighted by atomic mass is 10.1. The maximum atomic E-state index is 13.1. The molecule has 0 radical (unpaired) electrons. The SMILES string of the molecule is CC[C@@H](C)CO[C@H](C)c1cc(F)ccc1Br. The molecule has 0 heterocycles. The molecule has 0 aliphatic heterocycles. The van der Waals surface area contributed by atoms with Gasteiger partial charge in [0.15, 0.2) is 0 Å². The Hall–Kier alpha value is -0.410. The Morgan fingerprint density at radius 2 is 2.06 bits per heavy atom. The van der Waals surface area contributed by atoms with E-state index in [0.29, 0.717) is 12.5 Å². The van der Waals surface area contributed by atoms with Crippen molar-refractivity contribution in [2.45, 2.75) is 33.3 Å². The summed E-state index contributed by atoms with van der Waals surface area (Å²) >= 11 is 3.41. The van der Waals surface area contributed by atoms with Crippen LogP contribution in [-0.2, 0) is 4.74 Å². The zero-order chi connectivity index (χ0) is 12.1. The molecule has 3 heteroatoms. The Morgan fingerprint density at radius 3 is 2.69 bits per heavy atom. The van der Waals surface area contributed by atoms with Crippen LogP contribution in [0.4, 0.5) is 4.39 Å². The third-order valence-electron chi connectivity index (χ3n) is 2.72. The van der Waals surface area contributed by atoms with Gasteiger partial charge in [0.05, 0.1) is 6.10 Å². The van der Waals surface area contributed by atoms with E-state index in [1.54, 1.807) is 6.07 Å². The Labute approximate surface area is 105 Å². The van der Waals surface area contributed by atoms with Gasteiger partial charge in [-0.15, -0.1) is 0 Å². The molecule has 0 saturated carbocycles. The number of hydrogen-bond acceptors (Lipinski definition) is 1. The predicted molar refractivity (Wildman–Crippen MR) is 67.9 cm³/mol. The Morgan fingerprint density at radius 1 is 1.38 bits per heavy atom. The van der Waals surface area contributed by atoms with Crippen LogP contribution in [-0.4, -0.2) is 6.61 Å². The van der Waals surface area contributed by atoms with E-state index in [4.69, 9.17) is 4.74 Å². The van der Waals surface area contributed by atoms with Crippen LogP contribution < -0.4 is 0 Å².